The zero-order chi connectivity index (χ0) is 17.1. The molecular weight excluding hydrogens is 368 g/mol. The molecule has 0 spiro atoms. The third-order valence-electron chi connectivity index (χ3n) is 2.71. The maximum Gasteiger partial charge on any atom is 0.308 e. The van der Waals surface area contributed by atoms with Gasteiger partial charge in [-0.1, -0.05) is 15.9 Å². The number of esters is 1. The Bertz CT molecular complexity index is 533. The highest BCUT2D eigenvalue weighted by Gasteiger charge is 2.09. The largest absolute Gasteiger partial charge is 0.456 e. The normalized spacial score (nSPS) is 10.0. The molecule has 0 fully saturated rings. The summed E-state index contributed by atoms with van der Waals surface area (Å²) in [4.78, 5) is 34.6. The van der Waals surface area contributed by atoms with Crippen LogP contribution >= 0.6 is 15.9 Å². The smallest absolute Gasteiger partial charge is 0.308 e. The van der Waals surface area contributed by atoms with Crippen LogP contribution in [0.25, 0.3) is 0 Å². The molecule has 7 nitrogen and oxygen atoms in total. The van der Waals surface area contributed by atoms with Gasteiger partial charge in [0, 0.05) is 30.2 Å². The highest BCUT2D eigenvalue weighted by molar-refractivity contribution is 9.10. The Morgan fingerprint density at radius 2 is 1.78 bits per heavy atom. The second kappa shape index (κ2) is 10.7. The fraction of sp³-hybridized carbons (Fsp3) is 0.400. The molecule has 0 radical (unpaired) electrons. The number of methoxy groups -OCH3 is 1. The van der Waals surface area contributed by atoms with Crippen LogP contribution < -0.4 is 10.6 Å². The molecule has 0 aromatic heterocycles. The van der Waals surface area contributed by atoms with Gasteiger partial charge in [-0.2, -0.15) is 0 Å². The van der Waals surface area contributed by atoms with Gasteiger partial charge in [0.25, 0.3) is 11.8 Å². The van der Waals surface area contributed by atoms with Crippen LogP contribution in [0.3, 0.4) is 0 Å². The van der Waals surface area contributed by atoms with E-state index in [1.54, 1.807) is 24.3 Å². The van der Waals surface area contributed by atoms with E-state index in [-0.39, 0.29) is 25.5 Å². The predicted octanol–water partition coefficient (Wildman–Crippen LogP) is 0.875. The lowest BCUT2D eigenvalue weighted by Gasteiger charge is -2.07. The molecule has 23 heavy (non-hydrogen) atoms. The summed E-state index contributed by atoms with van der Waals surface area (Å²) in [6, 6.07) is 6.85. The van der Waals surface area contributed by atoms with Crippen LogP contribution in [0.1, 0.15) is 16.8 Å². The fourth-order valence-corrected chi connectivity index (χ4v) is 1.81. The molecule has 2 amide bonds. The third kappa shape index (κ3) is 8.32. The average Bonchev–Trinajstić information content (AvgIpc) is 2.53. The van der Waals surface area contributed by atoms with Gasteiger partial charge in [-0.25, -0.2) is 0 Å². The number of hydrogen-bond acceptors (Lipinski definition) is 5. The molecule has 1 aromatic carbocycles. The number of hydrogen-bond donors (Lipinski definition) is 2. The van der Waals surface area contributed by atoms with Crippen molar-refractivity contribution >= 4 is 33.7 Å². The SMILES string of the molecule is COCCNC(=O)COC(=O)CCNC(=O)c1ccc(Br)cc1. The molecular formula is C15H19BrN2O5. The second-order valence-electron chi connectivity index (χ2n) is 4.52. The van der Waals surface area contributed by atoms with Gasteiger partial charge in [0.2, 0.25) is 0 Å². The van der Waals surface area contributed by atoms with E-state index >= 15 is 0 Å². The minimum atomic E-state index is -0.553. The molecule has 0 unspecified atom stereocenters. The van der Waals surface area contributed by atoms with Gasteiger partial charge >= 0.3 is 5.97 Å². The van der Waals surface area contributed by atoms with Gasteiger partial charge in [-0.05, 0) is 24.3 Å². The summed E-state index contributed by atoms with van der Waals surface area (Å²) in [5.41, 5.74) is 0.499. The maximum absolute atomic E-state index is 11.8. The Morgan fingerprint density at radius 1 is 1.09 bits per heavy atom. The molecule has 0 aliphatic carbocycles. The lowest BCUT2D eigenvalue weighted by atomic mass is 10.2. The Morgan fingerprint density at radius 3 is 2.43 bits per heavy atom. The molecule has 2 N–H and O–H groups in total. The average molecular weight is 387 g/mol. The highest BCUT2D eigenvalue weighted by Crippen LogP contribution is 2.10. The van der Waals surface area contributed by atoms with Crippen LogP contribution in [-0.2, 0) is 19.1 Å². The number of carbonyl (C=O) groups is 3. The van der Waals surface area contributed by atoms with Gasteiger partial charge < -0.3 is 20.1 Å². The first-order valence-corrected chi connectivity index (χ1v) is 7.77. The Balaban J connectivity index is 2.17. The summed E-state index contributed by atoms with van der Waals surface area (Å²) in [6.07, 6.45) is -0.00633. The van der Waals surface area contributed by atoms with E-state index < -0.39 is 11.9 Å². The first-order chi connectivity index (χ1) is 11.0. The lowest BCUT2D eigenvalue weighted by Crippen LogP contribution is -2.32. The summed E-state index contributed by atoms with van der Waals surface area (Å²) in [7, 11) is 1.52. The molecule has 0 atom stereocenters. The fourth-order valence-electron chi connectivity index (χ4n) is 1.54. The molecule has 0 saturated heterocycles. The molecule has 0 aliphatic heterocycles. The molecule has 126 valence electrons. The highest BCUT2D eigenvalue weighted by atomic mass is 79.9. The molecule has 0 aliphatic rings. The zero-order valence-electron chi connectivity index (χ0n) is 12.8. The number of nitrogens with one attached hydrogen (secondary N) is 2. The van der Waals surface area contributed by atoms with Gasteiger partial charge in [-0.3, -0.25) is 14.4 Å². The zero-order valence-corrected chi connectivity index (χ0v) is 14.4. The van der Waals surface area contributed by atoms with Gasteiger partial charge in [0.1, 0.15) is 0 Å². The van der Waals surface area contributed by atoms with Gasteiger partial charge in [-0.15, -0.1) is 0 Å². The van der Waals surface area contributed by atoms with E-state index in [1.165, 1.54) is 7.11 Å². The minimum Gasteiger partial charge on any atom is -0.456 e. The van der Waals surface area contributed by atoms with Crippen molar-refractivity contribution in [2.75, 3.05) is 33.4 Å². The Labute approximate surface area is 142 Å². The number of halogens is 1. The summed E-state index contributed by atoms with van der Waals surface area (Å²) in [6.45, 7) is 0.542. The van der Waals surface area contributed by atoms with Crippen LogP contribution in [0.2, 0.25) is 0 Å². The van der Waals surface area contributed by atoms with Crippen molar-refractivity contribution in [3.05, 3.63) is 34.3 Å². The Hall–Kier alpha value is -1.93. The topological polar surface area (TPSA) is 93.7 Å². The lowest BCUT2D eigenvalue weighted by molar-refractivity contribution is -0.148. The molecule has 1 aromatic rings. The molecule has 1 rings (SSSR count). The molecule has 8 heteroatoms. The summed E-state index contributed by atoms with van der Waals surface area (Å²) in [5.74, 6) is -1.22. The third-order valence-corrected chi connectivity index (χ3v) is 3.24. The van der Waals surface area contributed by atoms with Crippen molar-refractivity contribution in [2.45, 2.75) is 6.42 Å². The number of rotatable bonds is 9. The monoisotopic (exact) mass is 386 g/mol. The summed E-state index contributed by atoms with van der Waals surface area (Å²) >= 11 is 3.28. The number of carbonyl (C=O) groups excluding carboxylic acids is 3. The number of benzene rings is 1. The molecule has 0 saturated carbocycles. The number of amides is 2. The Kier molecular flexibility index (Phi) is 8.93. The van der Waals surface area contributed by atoms with Gasteiger partial charge in [0.15, 0.2) is 6.61 Å². The van der Waals surface area contributed by atoms with Crippen LogP contribution in [0.4, 0.5) is 0 Å². The molecule has 0 bridgehead atoms. The molecule has 0 heterocycles. The van der Waals surface area contributed by atoms with Crippen molar-refractivity contribution < 1.29 is 23.9 Å². The minimum absolute atomic E-state index is 0.00633. The number of ether oxygens (including phenoxy) is 2. The van der Waals surface area contributed by atoms with Gasteiger partial charge in [0.05, 0.1) is 13.0 Å². The quantitative estimate of drug-likeness (QED) is 0.485. The van der Waals surface area contributed by atoms with E-state index in [0.717, 1.165) is 4.47 Å². The van der Waals surface area contributed by atoms with Crippen molar-refractivity contribution in [2.24, 2.45) is 0 Å². The van der Waals surface area contributed by atoms with E-state index in [9.17, 15) is 14.4 Å². The van der Waals surface area contributed by atoms with Crippen molar-refractivity contribution in [1.82, 2.24) is 10.6 Å². The first kappa shape index (κ1) is 19.1. The van der Waals surface area contributed by atoms with Crippen LogP contribution in [0, 0.1) is 0 Å². The van der Waals surface area contributed by atoms with E-state index in [0.29, 0.717) is 18.7 Å². The van der Waals surface area contributed by atoms with E-state index in [1.807, 2.05) is 0 Å². The van der Waals surface area contributed by atoms with Crippen LogP contribution in [0.5, 0.6) is 0 Å². The van der Waals surface area contributed by atoms with E-state index in [4.69, 9.17) is 9.47 Å². The van der Waals surface area contributed by atoms with Crippen molar-refractivity contribution in [3.63, 3.8) is 0 Å². The van der Waals surface area contributed by atoms with Crippen molar-refractivity contribution in [3.8, 4) is 0 Å². The van der Waals surface area contributed by atoms with Crippen LogP contribution in [0.15, 0.2) is 28.7 Å². The maximum atomic E-state index is 11.8. The van der Waals surface area contributed by atoms with Crippen LogP contribution in [-0.4, -0.2) is 51.2 Å². The first-order valence-electron chi connectivity index (χ1n) is 6.98. The van der Waals surface area contributed by atoms with E-state index in [2.05, 4.69) is 26.6 Å². The van der Waals surface area contributed by atoms with Crippen molar-refractivity contribution in [1.29, 1.82) is 0 Å². The summed E-state index contributed by atoms with van der Waals surface area (Å²) < 4.78 is 10.4. The standard InChI is InChI=1S/C15H19BrN2O5/c1-22-9-8-17-13(19)10-23-14(20)6-7-18-15(21)11-2-4-12(16)5-3-11/h2-5H,6-10H2,1H3,(H,17,19)(H,18,21). The predicted molar refractivity (Wildman–Crippen MR) is 86.9 cm³/mol. The summed E-state index contributed by atoms with van der Waals surface area (Å²) in [5, 5.41) is 5.13. The second-order valence-corrected chi connectivity index (χ2v) is 5.43.